The molecule has 3 heterocycles. The fourth-order valence-electron chi connectivity index (χ4n) is 4.94. The molecule has 5 heteroatoms. The highest BCUT2D eigenvalue weighted by molar-refractivity contribution is 5.79. The van der Waals surface area contributed by atoms with Crippen molar-refractivity contribution in [3.05, 3.63) is 30.1 Å². The molecule has 0 aromatic carbocycles. The molecule has 27 heavy (non-hydrogen) atoms. The van der Waals surface area contributed by atoms with E-state index >= 15 is 0 Å². The Kier molecular flexibility index (Phi) is 6.08. The molecule has 1 unspecified atom stereocenters. The van der Waals surface area contributed by atoms with Crippen molar-refractivity contribution in [2.24, 2.45) is 5.92 Å². The van der Waals surface area contributed by atoms with Crippen LogP contribution in [-0.4, -0.2) is 70.4 Å². The second kappa shape index (κ2) is 8.70. The van der Waals surface area contributed by atoms with Crippen molar-refractivity contribution in [3.8, 4) is 0 Å². The number of rotatable bonds is 6. The molecule has 5 nitrogen and oxygen atoms in total. The number of carbonyl (C=O) groups is 1. The van der Waals surface area contributed by atoms with Crippen LogP contribution in [0.3, 0.4) is 0 Å². The second-order valence-electron chi connectivity index (χ2n) is 8.55. The number of amides is 1. The summed E-state index contributed by atoms with van der Waals surface area (Å²) in [6.07, 6.45) is 10.9. The van der Waals surface area contributed by atoms with Gasteiger partial charge in [0.25, 0.3) is 0 Å². The highest BCUT2D eigenvalue weighted by Gasteiger charge is 2.37. The summed E-state index contributed by atoms with van der Waals surface area (Å²) in [5.41, 5.74) is 1.35. The van der Waals surface area contributed by atoms with E-state index in [-0.39, 0.29) is 5.92 Å². The first-order valence-electron chi connectivity index (χ1n) is 10.9. The van der Waals surface area contributed by atoms with Crippen molar-refractivity contribution in [1.29, 1.82) is 0 Å². The van der Waals surface area contributed by atoms with E-state index in [9.17, 15) is 4.79 Å². The van der Waals surface area contributed by atoms with Gasteiger partial charge >= 0.3 is 0 Å². The molecule has 1 saturated carbocycles. The summed E-state index contributed by atoms with van der Waals surface area (Å²) in [4.78, 5) is 24.4. The van der Waals surface area contributed by atoms with E-state index in [4.69, 9.17) is 0 Å². The fourth-order valence-corrected chi connectivity index (χ4v) is 4.94. The molecular weight excluding hydrogens is 336 g/mol. The van der Waals surface area contributed by atoms with Crippen LogP contribution in [-0.2, 0) is 11.3 Å². The first-order valence-corrected chi connectivity index (χ1v) is 10.9. The van der Waals surface area contributed by atoms with Crippen molar-refractivity contribution in [1.82, 2.24) is 19.7 Å². The van der Waals surface area contributed by atoms with Gasteiger partial charge in [-0.25, -0.2) is 0 Å². The van der Waals surface area contributed by atoms with Crippen LogP contribution in [0.25, 0.3) is 0 Å². The van der Waals surface area contributed by atoms with Gasteiger partial charge in [0.05, 0.1) is 5.92 Å². The largest absolute Gasteiger partial charge is 0.340 e. The average Bonchev–Trinajstić information content (AvgIpc) is 3.55. The Hall–Kier alpha value is -1.46. The highest BCUT2D eigenvalue weighted by Crippen LogP contribution is 2.31. The van der Waals surface area contributed by atoms with E-state index in [0.717, 1.165) is 39.1 Å². The third kappa shape index (κ3) is 4.69. The lowest BCUT2D eigenvalue weighted by molar-refractivity contribution is -0.138. The smallest absolute Gasteiger partial charge is 0.227 e. The molecule has 0 radical (unpaired) electrons. The normalized spacial score (nSPS) is 25.4. The van der Waals surface area contributed by atoms with Gasteiger partial charge in [-0.05, 0) is 82.8 Å². The van der Waals surface area contributed by atoms with Crippen LogP contribution in [0.2, 0.25) is 0 Å². The molecule has 1 aromatic rings. The SMILES string of the molecule is CCN(C(=O)C1CCCN(C2CCN(Cc3ccncc3)CC2)C1)C1CC1. The number of hydrogen-bond donors (Lipinski definition) is 0. The van der Waals surface area contributed by atoms with Crippen LogP contribution in [0, 0.1) is 5.92 Å². The van der Waals surface area contributed by atoms with Crippen LogP contribution in [0.1, 0.15) is 51.0 Å². The lowest BCUT2D eigenvalue weighted by Gasteiger charge is -2.42. The lowest BCUT2D eigenvalue weighted by Crippen LogP contribution is -2.51. The van der Waals surface area contributed by atoms with Crippen LogP contribution in [0.5, 0.6) is 0 Å². The van der Waals surface area contributed by atoms with Gasteiger partial charge in [-0.1, -0.05) is 0 Å². The monoisotopic (exact) mass is 370 g/mol. The first kappa shape index (κ1) is 18.9. The quantitative estimate of drug-likeness (QED) is 0.772. The van der Waals surface area contributed by atoms with Gasteiger partial charge in [0.2, 0.25) is 5.91 Å². The highest BCUT2D eigenvalue weighted by atomic mass is 16.2. The summed E-state index contributed by atoms with van der Waals surface area (Å²) in [6, 6.07) is 5.44. The number of nitrogens with zero attached hydrogens (tertiary/aromatic N) is 4. The maximum atomic E-state index is 13.0. The van der Waals surface area contributed by atoms with E-state index in [2.05, 4.69) is 38.7 Å². The van der Waals surface area contributed by atoms with Crippen LogP contribution >= 0.6 is 0 Å². The van der Waals surface area contributed by atoms with Gasteiger partial charge in [-0.15, -0.1) is 0 Å². The molecule has 0 bridgehead atoms. The third-order valence-electron chi connectivity index (χ3n) is 6.64. The zero-order valence-electron chi connectivity index (χ0n) is 16.7. The molecule has 0 N–H and O–H groups in total. The standard InChI is InChI=1S/C22H34N4O/c1-2-26(21-5-6-21)22(27)19-4-3-13-25(17-19)20-9-14-24(15-10-20)16-18-7-11-23-12-8-18/h7-8,11-12,19-21H,2-6,9-10,13-17H2,1H3. The second-order valence-corrected chi connectivity index (χ2v) is 8.55. The molecule has 0 spiro atoms. The van der Waals surface area contributed by atoms with Crippen molar-refractivity contribution < 1.29 is 4.79 Å². The molecule has 1 aliphatic carbocycles. The van der Waals surface area contributed by atoms with Gasteiger partial charge in [0, 0.05) is 44.1 Å². The summed E-state index contributed by atoms with van der Waals surface area (Å²) >= 11 is 0. The molecule has 4 rings (SSSR count). The molecule has 3 fully saturated rings. The zero-order chi connectivity index (χ0) is 18.6. The first-order chi connectivity index (χ1) is 13.2. The van der Waals surface area contributed by atoms with Gasteiger partial charge in [0.15, 0.2) is 0 Å². The van der Waals surface area contributed by atoms with Crippen LogP contribution in [0.15, 0.2) is 24.5 Å². The topological polar surface area (TPSA) is 39.7 Å². The Morgan fingerprint density at radius 1 is 1.11 bits per heavy atom. The van der Waals surface area contributed by atoms with Crippen molar-refractivity contribution in [2.75, 3.05) is 32.7 Å². The Labute approximate surface area is 163 Å². The minimum atomic E-state index is 0.231. The van der Waals surface area contributed by atoms with E-state index in [1.165, 1.54) is 44.2 Å². The molecule has 148 valence electrons. The van der Waals surface area contributed by atoms with E-state index < -0.39 is 0 Å². The minimum Gasteiger partial charge on any atom is -0.340 e. The number of pyridine rings is 1. The number of likely N-dealkylation sites (tertiary alicyclic amines) is 2. The summed E-state index contributed by atoms with van der Waals surface area (Å²) in [5.74, 6) is 0.661. The lowest BCUT2D eigenvalue weighted by atomic mass is 9.92. The predicted molar refractivity (Wildman–Crippen MR) is 107 cm³/mol. The van der Waals surface area contributed by atoms with Gasteiger partial charge in [-0.3, -0.25) is 19.6 Å². The van der Waals surface area contributed by atoms with Crippen LogP contribution < -0.4 is 0 Å². The number of piperidine rings is 2. The number of hydrogen-bond acceptors (Lipinski definition) is 4. The molecule has 1 amide bonds. The number of carbonyl (C=O) groups excluding carboxylic acids is 1. The molecule has 1 atom stereocenters. The van der Waals surface area contributed by atoms with Gasteiger partial charge in [-0.2, -0.15) is 0 Å². The maximum Gasteiger partial charge on any atom is 0.227 e. The predicted octanol–water partition coefficient (Wildman–Crippen LogP) is 2.77. The Balaban J connectivity index is 1.27. The minimum absolute atomic E-state index is 0.231. The average molecular weight is 371 g/mol. The van der Waals surface area contributed by atoms with E-state index in [0.29, 0.717) is 18.0 Å². The van der Waals surface area contributed by atoms with Crippen molar-refractivity contribution in [3.63, 3.8) is 0 Å². The van der Waals surface area contributed by atoms with Crippen molar-refractivity contribution >= 4 is 5.91 Å². The summed E-state index contributed by atoms with van der Waals surface area (Å²) < 4.78 is 0. The Morgan fingerprint density at radius 3 is 2.52 bits per heavy atom. The summed E-state index contributed by atoms with van der Waals surface area (Å²) in [5, 5.41) is 0. The van der Waals surface area contributed by atoms with Gasteiger partial charge < -0.3 is 4.90 Å². The molecular formula is C22H34N4O. The van der Waals surface area contributed by atoms with Gasteiger partial charge in [0.1, 0.15) is 0 Å². The molecule has 1 aromatic heterocycles. The number of aromatic nitrogens is 1. The summed E-state index contributed by atoms with van der Waals surface area (Å²) in [7, 11) is 0. The molecule has 2 saturated heterocycles. The fraction of sp³-hybridized carbons (Fsp3) is 0.727. The van der Waals surface area contributed by atoms with E-state index in [1.54, 1.807) is 0 Å². The van der Waals surface area contributed by atoms with Crippen LogP contribution in [0.4, 0.5) is 0 Å². The Morgan fingerprint density at radius 2 is 1.85 bits per heavy atom. The molecule has 3 aliphatic rings. The maximum absolute atomic E-state index is 13.0. The van der Waals surface area contributed by atoms with E-state index in [1.807, 2.05) is 12.4 Å². The Bertz CT molecular complexity index is 610. The zero-order valence-corrected chi connectivity index (χ0v) is 16.7. The van der Waals surface area contributed by atoms with Crippen molar-refractivity contribution in [2.45, 2.75) is 64.1 Å². The third-order valence-corrected chi connectivity index (χ3v) is 6.64. The molecule has 2 aliphatic heterocycles. The summed E-state index contributed by atoms with van der Waals surface area (Å²) in [6.45, 7) is 8.52.